The van der Waals surface area contributed by atoms with Crippen LogP contribution >= 0.6 is 0 Å². The van der Waals surface area contributed by atoms with E-state index in [1.54, 1.807) is 0 Å². The zero-order chi connectivity index (χ0) is 13.8. The average molecular weight is 257 g/mol. The van der Waals surface area contributed by atoms with Crippen molar-refractivity contribution in [2.75, 3.05) is 11.9 Å². The van der Waals surface area contributed by atoms with E-state index in [1.165, 1.54) is 0 Å². The van der Waals surface area contributed by atoms with Crippen LogP contribution in [-0.4, -0.2) is 17.4 Å². The average Bonchev–Trinajstić information content (AvgIpc) is 2.38. The number of unbranched alkanes of at least 4 members (excludes halogenated alkanes) is 1. The van der Waals surface area contributed by atoms with Gasteiger partial charge in [0, 0.05) is 11.9 Å². The molecule has 1 aromatic heterocycles. The third-order valence-electron chi connectivity index (χ3n) is 3.16. The van der Waals surface area contributed by atoms with Crippen LogP contribution in [0.15, 0.2) is 24.3 Å². The number of carbonyl (C=O) groups excluding carboxylic acids is 1. The van der Waals surface area contributed by atoms with Gasteiger partial charge in [-0.2, -0.15) is 0 Å². The number of nitrogens with two attached hydrogens (primary N) is 1. The molecule has 4 heteroatoms. The molecule has 0 radical (unpaired) electrons. The monoisotopic (exact) mass is 257 g/mol. The molecule has 0 unspecified atom stereocenters. The summed E-state index contributed by atoms with van der Waals surface area (Å²) in [5.74, 6) is 0.396. The van der Waals surface area contributed by atoms with Gasteiger partial charge >= 0.3 is 0 Å². The van der Waals surface area contributed by atoms with Crippen molar-refractivity contribution in [3.8, 4) is 0 Å². The van der Waals surface area contributed by atoms with Gasteiger partial charge in [0.25, 0.3) is 5.91 Å². The Morgan fingerprint density at radius 2 is 2.00 bits per heavy atom. The number of anilines is 1. The standard InChI is InChI=1S/C15H19N3O/c1-3-4-9-17-15-12-8-6-5-7-11(12)13(14(16)19)10(2)18-15/h5-8H,3-4,9H2,1-2H3,(H2,16,19)(H,17,18). The molecule has 0 spiro atoms. The molecule has 0 saturated carbocycles. The van der Waals surface area contributed by atoms with E-state index < -0.39 is 5.91 Å². The first-order valence-electron chi connectivity index (χ1n) is 6.58. The minimum atomic E-state index is -0.429. The molecule has 2 rings (SSSR count). The molecular weight excluding hydrogens is 238 g/mol. The van der Waals surface area contributed by atoms with Crippen molar-refractivity contribution in [1.82, 2.24) is 4.98 Å². The number of nitrogens with zero attached hydrogens (tertiary/aromatic N) is 1. The molecule has 19 heavy (non-hydrogen) atoms. The first-order valence-corrected chi connectivity index (χ1v) is 6.58. The topological polar surface area (TPSA) is 68.0 Å². The molecule has 0 aliphatic rings. The molecule has 0 bridgehead atoms. The van der Waals surface area contributed by atoms with Crippen LogP contribution in [0.25, 0.3) is 10.8 Å². The van der Waals surface area contributed by atoms with Crippen LogP contribution in [-0.2, 0) is 0 Å². The summed E-state index contributed by atoms with van der Waals surface area (Å²) in [5.41, 5.74) is 6.64. The molecular formula is C15H19N3O. The Labute approximate surface area is 113 Å². The van der Waals surface area contributed by atoms with E-state index in [-0.39, 0.29) is 0 Å². The highest BCUT2D eigenvalue weighted by Crippen LogP contribution is 2.26. The predicted octanol–water partition coefficient (Wildman–Crippen LogP) is 2.85. The molecule has 2 aromatic rings. The van der Waals surface area contributed by atoms with E-state index >= 15 is 0 Å². The number of fused-ring (bicyclic) bond motifs is 1. The van der Waals surface area contributed by atoms with E-state index in [1.807, 2.05) is 31.2 Å². The molecule has 4 nitrogen and oxygen atoms in total. The summed E-state index contributed by atoms with van der Waals surface area (Å²) in [6, 6.07) is 7.72. The summed E-state index contributed by atoms with van der Waals surface area (Å²) < 4.78 is 0. The lowest BCUT2D eigenvalue weighted by Crippen LogP contribution is -2.15. The van der Waals surface area contributed by atoms with Gasteiger partial charge in [0.05, 0.1) is 11.3 Å². The summed E-state index contributed by atoms with van der Waals surface area (Å²) >= 11 is 0. The van der Waals surface area contributed by atoms with Crippen LogP contribution in [0.4, 0.5) is 5.82 Å². The first-order chi connectivity index (χ1) is 9.15. The Kier molecular flexibility index (Phi) is 4.00. The maximum absolute atomic E-state index is 11.6. The molecule has 0 aliphatic heterocycles. The molecule has 0 aliphatic carbocycles. The van der Waals surface area contributed by atoms with Crippen molar-refractivity contribution in [2.45, 2.75) is 26.7 Å². The lowest BCUT2D eigenvalue weighted by Gasteiger charge is -2.13. The fourth-order valence-electron chi connectivity index (χ4n) is 2.22. The van der Waals surface area contributed by atoms with Gasteiger partial charge < -0.3 is 11.1 Å². The number of aromatic nitrogens is 1. The van der Waals surface area contributed by atoms with Gasteiger partial charge in [-0.15, -0.1) is 0 Å². The summed E-state index contributed by atoms with van der Waals surface area (Å²) in [4.78, 5) is 16.1. The Balaban J connectivity index is 2.55. The van der Waals surface area contributed by atoms with E-state index in [4.69, 9.17) is 5.73 Å². The quantitative estimate of drug-likeness (QED) is 0.809. The van der Waals surface area contributed by atoms with Crippen LogP contribution in [0.1, 0.15) is 35.8 Å². The number of primary amides is 1. The number of pyridine rings is 1. The number of benzene rings is 1. The number of rotatable bonds is 5. The van der Waals surface area contributed by atoms with Gasteiger partial charge in [-0.1, -0.05) is 37.6 Å². The normalized spacial score (nSPS) is 10.6. The first kappa shape index (κ1) is 13.3. The fraction of sp³-hybridized carbons (Fsp3) is 0.333. The van der Waals surface area contributed by atoms with Crippen molar-refractivity contribution in [3.63, 3.8) is 0 Å². The van der Waals surface area contributed by atoms with Crippen molar-refractivity contribution in [2.24, 2.45) is 5.73 Å². The van der Waals surface area contributed by atoms with Gasteiger partial charge in [0.1, 0.15) is 5.82 Å². The van der Waals surface area contributed by atoms with Gasteiger partial charge in [-0.3, -0.25) is 4.79 Å². The lowest BCUT2D eigenvalue weighted by atomic mass is 10.0. The van der Waals surface area contributed by atoms with E-state index in [0.29, 0.717) is 11.3 Å². The van der Waals surface area contributed by atoms with Gasteiger partial charge in [-0.05, 0) is 18.7 Å². The van der Waals surface area contributed by atoms with Crippen molar-refractivity contribution >= 4 is 22.5 Å². The van der Waals surface area contributed by atoms with Crippen LogP contribution in [0, 0.1) is 6.92 Å². The highest BCUT2D eigenvalue weighted by Gasteiger charge is 2.14. The van der Waals surface area contributed by atoms with Gasteiger partial charge in [-0.25, -0.2) is 4.98 Å². The molecule has 1 aromatic carbocycles. The molecule has 0 fully saturated rings. The van der Waals surface area contributed by atoms with E-state index in [2.05, 4.69) is 17.2 Å². The van der Waals surface area contributed by atoms with Gasteiger partial charge in [0.15, 0.2) is 0 Å². The van der Waals surface area contributed by atoms with Crippen molar-refractivity contribution < 1.29 is 4.79 Å². The highest BCUT2D eigenvalue weighted by atomic mass is 16.1. The molecule has 3 N–H and O–H groups in total. The summed E-state index contributed by atoms with van der Waals surface area (Å²) in [6.45, 7) is 4.84. The number of carbonyl (C=O) groups is 1. The Hall–Kier alpha value is -2.10. The third-order valence-corrected chi connectivity index (χ3v) is 3.16. The SMILES string of the molecule is CCCCNc1nc(C)c(C(N)=O)c2ccccc12. The number of aryl methyl sites for hydroxylation is 1. The molecule has 100 valence electrons. The van der Waals surface area contributed by atoms with Crippen molar-refractivity contribution in [3.05, 3.63) is 35.5 Å². The van der Waals surface area contributed by atoms with Crippen LogP contribution < -0.4 is 11.1 Å². The number of nitrogens with one attached hydrogen (secondary N) is 1. The van der Waals surface area contributed by atoms with Crippen LogP contribution in [0.2, 0.25) is 0 Å². The predicted molar refractivity (Wildman–Crippen MR) is 78.4 cm³/mol. The smallest absolute Gasteiger partial charge is 0.251 e. The maximum Gasteiger partial charge on any atom is 0.251 e. The second-order valence-corrected chi connectivity index (χ2v) is 4.61. The molecule has 0 saturated heterocycles. The van der Waals surface area contributed by atoms with Crippen LogP contribution in [0.3, 0.4) is 0 Å². The Bertz CT molecular complexity index is 608. The largest absolute Gasteiger partial charge is 0.370 e. The minimum absolute atomic E-state index is 0.429. The summed E-state index contributed by atoms with van der Waals surface area (Å²) in [6.07, 6.45) is 2.22. The van der Waals surface area contributed by atoms with Crippen LogP contribution in [0.5, 0.6) is 0 Å². The van der Waals surface area contributed by atoms with Gasteiger partial charge in [0.2, 0.25) is 0 Å². The van der Waals surface area contributed by atoms with E-state index in [9.17, 15) is 4.79 Å². The highest BCUT2D eigenvalue weighted by molar-refractivity contribution is 6.09. The third kappa shape index (κ3) is 2.67. The Morgan fingerprint density at radius 1 is 1.32 bits per heavy atom. The second-order valence-electron chi connectivity index (χ2n) is 4.61. The zero-order valence-electron chi connectivity index (χ0n) is 11.4. The summed E-state index contributed by atoms with van der Waals surface area (Å²) in [7, 11) is 0. The second kappa shape index (κ2) is 5.69. The number of hydrogen-bond acceptors (Lipinski definition) is 3. The fourth-order valence-corrected chi connectivity index (χ4v) is 2.22. The lowest BCUT2D eigenvalue weighted by molar-refractivity contribution is 0.100. The molecule has 1 amide bonds. The molecule has 1 heterocycles. The Morgan fingerprint density at radius 3 is 2.63 bits per heavy atom. The van der Waals surface area contributed by atoms with E-state index in [0.717, 1.165) is 36.0 Å². The molecule has 0 atom stereocenters. The minimum Gasteiger partial charge on any atom is -0.370 e. The number of amides is 1. The van der Waals surface area contributed by atoms with Crippen molar-refractivity contribution in [1.29, 1.82) is 0 Å². The zero-order valence-corrected chi connectivity index (χ0v) is 11.4. The maximum atomic E-state index is 11.6. The number of hydrogen-bond donors (Lipinski definition) is 2. The summed E-state index contributed by atoms with van der Waals surface area (Å²) in [5, 5.41) is 5.14.